The van der Waals surface area contributed by atoms with Gasteiger partial charge < -0.3 is 16.8 Å². The maximum atomic E-state index is 13.0. The molecule has 1 aliphatic rings. The lowest BCUT2D eigenvalue weighted by atomic mass is 10.1. The van der Waals surface area contributed by atoms with Crippen LogP contribution in [-0.2, 0) is 4.79 Å². The Hall–Kier alpha value is -2.78. The van der Waals surface area contributed by atoms with Crippen molar-refractivity contribution in [2.24, 2.45) is 16.5 Å². The summed E-state index contributed by atoms with van der Waals surface area (Å²) in [5, 5.41) is 6.27. The Bertz CT molecular complexity index is 854. The average Bonchev–Trinajstić information content (AvgIpc) is 3.32. The van der Waals surface area contributed by atoms with E-state index in [4.69, 9.17) is 11.5 Å². The van der Waals surface area contributed by atoms with Crippen LogP contribution in [0.15, 0.2) is 41.4 Å². The van der Waals surface area contributed by atoms with E-state index in [0.29, 0.717) is 30.9 Å². The number of guanidine groups is 1. The quantitative estimate of drug-likeness (QED) is 0.172. The van der Waals surface area contributed by atoms with Crippen molar-refractivity contribution >= 4 is 39.2 Å². The fourth-order valence-corrected chi connectivity index (χ4v) is 3.77. The van der Waals surface area contributed by atoms with Crippen LogP contribution in [0, 0.1) is 0 Å². The summed E-state index contributed by atoms with van der Waals surface area (Å²) >= 11 is 1.33. The standard InChI is InChI=1S/C18H22N6O2S/c19-18(20)22-10-3-6-12(23-16(26)13-7-4-9-21-13)15(25)17-24-11-5-1-2-8-14(11)27-17/h1-2,4-5,7-8,12-13,21H,3,6,9-10H2,(H,23,26)(H4,19,20,22)/t12?,13-/m0/s1. The third-order valence-electron chi connectivity index (χ3n) is 4.15. The maximum absolute atomic E-state index is 13.0. The van der Waals surface area contributed by atoms with Gasteiger partial charge in [-0.3, -0.25) is 19.9 Å². The molecule has 0 fully saturated rings. The van der Waals surface area contributed by atoms with Crippen molar-refractivity contribution in [3.8, 4) is 0 Å². The Kier molecular flexibility index (Phi) is 6.15. The molecule has 0 spiro atoms. The molecule has 0 saturated heterocycles. The van der Waals surface area contributed by atoms with Crippen LogP contribution in [-0.4, -0.2) is 47.8 Å². The maximum Gasteiger partial charge on any atom is 0.241 e. The molecule has 0 aliphatic carbocycles. The van der Waals surface area contributed by atoms with Crippen molar-refractivity contribution in [2.75, 3.05) is 13.1 Å². The smallest absolute Gasteiger partial charge is 0.241 e. The van der Waals surface area contributed by atoms with Gasteiger partial charge in [-0.25, -0.2) is 4.98 Å². The molecule has 0 radical (unpaired) electrons. The summed E-state index contributed by atoms with van der Waals surface area (Å²) in [6.45, 7) is 1.03. The number of nitrogens with one attached hydrogen (secondary N) is 2. The van der Waals surface area contributed by atoms with E-state index in [1.54, 1.807) is 6.08 Å². The van der Waals surface area contributed by atoms with E-state index in [-0.39, 0.29) is 17.6 Å². The fraction of sp³-hybridized carbons (Fsp3) is 0.333. The number of nitrogens with zero attached hydrogens (tertiary/aromatic N) is 2. The van der Waals surface area contributed by atoms with E-state index in [1.165, 1.54) is 11.3 Å². The number of aliphatic imine (C=N–C) groups is 1. The first-order chi connectivity index (χ1) is 13.0. The molecule has 1 aromatic carbocycles. The number of thiazole rings is 1. The predicted molar refractivity (Wildman–Crippen MR) is 107 cm³/mol. The highest BCUT2D eigenvalue weighted by Crippen LogP contribution is 2.23. The van der Waals surface area contributed by atoms with Crippen LogP contribution in [0.25, 0.3) is 10.2 Å². The monoisotopic (exact) mass is 386 g/mol. The van der Waals surface area contributed by atoms with Gasteiger partial charge in [-0.1, -0.05) is 24.3 Å². The van der Waals surface area contributed by atoms with E-state index in [9.17, 15) is 9.59 Å². The van der Waals surface area contributed by atoms with E-state index >= 15 is 0 Å². The highest BCUT2D eigenvalue weighted by molar-refractivity contribution is 7.20. The molecule has 8 nitrogen and oxygen atoms in total. The molecule has 1 amide bonds. The van der Waals surface area contributed by atoms with Crippen molar-refractivity contribution in [3.63, 3.8) is 0 Å². The SMILES string of the molecule is NC(N)=NCCCC(NC(=O)[C@@H]1C=CCN1)C(=O)c1nc2ccccc2s1. The van der Waals surface area contributed by atoms with Crippen LogP contribution in [0.2, 0.25) is 0 Å². The number of amides is 1. The van der Waals surface area contributed by atoms with Gasteiger partial charge in [0.1, 0.15) is 6.04 Å². The number of nitrogens with two attached hydrogens (primary N) is 2. The first kappa shape index (κ1) is 19.0. The van der Waals surface area contributed by atoms with Crippen LogP contribution < -0.4 is 22.1 Å². The Morgan fingerprint density at radius 1 is 1.37 bits per heavy atom. The Balaban J connectivity index is 1.74. The number of carbonyl (C=O) groups is 2. The Morgan fingerprint density at radius 3 is 2.89 bits per heavy atom. The number of hydrogen-bond donors (Lipinski definition) is 4. The topological polar surface area (TPSA) is 135 Å². The number of rotatable bonds is 8. The molecule has 142 valence electrons. The number of carbonyl (C=O) groups excluding carboxylic acids is 2. The molecule has 2 atom stereocenters. The first-order valence-corrected chi connectivity index (χ1v) is 9.52. The van der Waals surface area contributed by atoms with Gasteiger partial charge in [0, 0.05) is 13.1 Å². The van der Waals surface area contributed by atoms with E-state index in [1.807, 2.05) is 30.3 Å². The predicted octanol–water partition coefficient (Wildman–Crippen LogP) is 0.545. The number of hydrogen-bond acceptors (Lipinski definition) is 6. The van der Waals surface area contributed by atoms with Gasteiger partial charge in [0.2, 0.25) is 11.7 Å². The summed E-state index contributed by atoms with van der Waals surface area (Å²) < 4.78 is 0.937. The van der Waals surface area contributed by atoms with Crippen LogP contribution >= 0.6 is 11.3 Å². The summed E-state index contributed by atoms with van der Waals surface area (Å²) in [5.41, 5.74) is 11.4. The largest absolute Gasteiger partial charge is 0.370 e. The molecule has 9 heteroatoms. The molecular formula is C18H22N6O2S. The summed E-state index contributed by atoms with van der Waals surface area (Å²) in [6.07, 6.45) is 4.66. The summed E-state index contributed by atoms with van der Waals surface area (Å²) in [6, 6.07) is 6.46. The first-order valence-electron chi connectivity index (χ1n) is 8.70. The summed E-state index contributed by atoms with van der Waals surface area (Å²) in [5.74, 6) is -0.422. The molecular weight excluding hydrogens is 364 g/mol. The van der Waals surface area contributed by atoms with Gasteiger partial charge in [0.15, 0.2) is 11.0 Å². The number of fused-ring (bicyclic) bond motifs is 1. The zero-order valence-corrected chi connectivity index (χ0v) is 15.5. The van der Waals surface area contributed by atoms with Crippen molar-refractivity contribution in [1.82, 2.24) is 15.6 Å². The van der Waals surface area contributed by atoms with Gasteiger partial charge in [-0.15, -0.1) is 11.3 Å². The molecule has 1 unspecified atom stereocenters. The van der Waals surface area contributed by atoms with Crippen LogP contribution in [0.3, 0.4) is 0 Å². The molecule has 0 saturated carbocycles. The zero-order chi connectivity index (χ0) is 19.2. The van der Waals surface area contributed by atoms with Crippen LogP contribution in [0.1, 0.15) is 22.6 Å². The van der Waals surface area contributed by atoms with E-state index in [0.717, 1.165) is 10.2 Å². The minimum Gasteiger partial charge on any atom is -0.370 e. The molecule has 6 N–H and O–H groups in total. The second-order valence-corrected chi connectivity index (χ2v) is 7.21. The van der Waals surface area contributed by atoms with Crippen molar-refractivity contribution in [1.29, 1.82) is 0 Å². The van der Waals surface area contributed by atoms with Gasteiger partial charge in [-0.05, 0) is 25.0 Å². The lowest BCUT2D eigenvalue weighted by molar-refractivity contribution is -0.122. The lowest BCUT2D eigenvalue weighted by Gasteiger charge is -2.18. The van der Waals surface area contributed by atoms with Gasteiger partial charge in [0.25, 0.3) is 0 Å². The Morgan fingerprint density at radius 2 is 2.19 bits per heavy atom. The zero-order valence-electron chi connectivity index (χ0n) is 14.7. The number of ketones is 1. The molecule has 1 aromatic heterocycles. The summed E-state index contributed by atoms with van der Waals surface area (Å²) in [4.78, 5) is 33.8. The molecule has 2 aromatic rings. The van der Waals surface area contributed by atoms with Crippen molar-refractivity contribution in [3.05, 3.63) is 41.4 Å². The van der Waals surface area contributed by atoms with Gasteiger partial charge in [-0.2, -0.15) is 0 Å². The number of benzene rings is 1. The minimum absolute atomic E-state index is 0.00776. The van der Waals surface area contributed by atoms with E-state index in [2.05, 4.69) is 20.6 Å². The van der Waals surface area contributed by atoms with E-state index < -0.39 is 12.1 Å². The van der Waals surface area contributed by atoms with Gasteiger partial charge in [0.05, 0.1) is 16.3 Å². The highest BCUT2D eigenvalue weighted by Gasteiger charge is 2.27. The van der Waals surface area contributed by atoms with Crippen LogP contribution in [0.4, 0.5) is 0 Å². The molecule has 2 heterocycles. The third kappa shape index (κ3) is 4.89. The minimum atomic E-state index is -0.678. The number of aromatic nitrogens is 1. The highest BCUT2D eigenvalue weighted by atomic mass is 32.1. The van der Waals surface area contributed by atoms with Gasteiger partial charge >= 0.3 is 0 Å². The summed E-state index contributed by atoms with van der Waals surface area (Å²) in [7, 11) is 0. The number of Topliss-reactive ketones (excluding diaryl/α,β-unsaturated/α-hetero) is 1. The normalized spacial score (nSPS) is 17.0. The molecule has 1 aliphatic heterocycles. The molecule has 3 rings (SSSR count). The van der Waals surface area contributed by atoms with Crippen molar-refractivity contribution in [2.45, 2.75) is 24.9 Å². The third-order valence-corrected chi connectivity index (χ3v) is 5.20. The fourth-order valence-electron chi connectivity index (χ4n) is 2.81. The lowest BCUT2D eigenvalue weighted by Crippen LogP contribution is -2.48. The Labute approximate surface area is 160 Å². The number of para-hydroxylation sites is 1. The molecule has 0 bridgehead atoms. The average molecular weight is 386 g/mol. The second-order valence-electron chi connectivity index (χ2n) is 6.18. The second kappa shape index (κ2) is 8.74. The molecule has 27 heavy (non-hydrogen) atoms. The van der Waals surface area contributed by atoms with Crippen LogP contribution in [0.5, 0.6) is 0 Å². The van der Waals surface area contributed by atoms with Crippen molar-refractivity contribution < 1.29 is 9.59 Å².